The predicted octanol–water partition coefficient (Wildman–Crippen LogP) is 0.755. The van der Waals surface area contributed by atoms with Crippen LogP contribution in [-0.2, 0) is 11.3 Å². The molecule has 6 nitrogen and oxygen atoms in total. The van der Waals surface area contributed by atoms with Gasteiger partial charge in [0.1, 0.15) is 18.2 Å². The Balaban J connectivity index is 2.91. The highest BCUT2D eigenvalue weighted by Gasteiger charge is 2.06. The number of anilines is 2. The fourth-order valence-electron chi connectivity index (χ4n) is 1.17. The van der Waals surface area contributed by atoms with Crippen LogP contribution in [0, 0.1) is 0 Å². The minimum absolute atomic E-state index is 0.399. The number of aromatic nitrogens is 2. The molecule has 1 aromatic rings. The summed E-state index contributed by atoms with van der Waals surface area (Å²) in [6, 6.07) is 1.80. The van der Waals surface area contributed by atoms with Gasteiger partial charge >= 0.3 is 0 Å². The Bertz CT molecular complexity index is 331. The molecule has 1 rings (SSSR count). The number of nitrogens with two attached hydrogens (primary N) is 1. The van der Waals surface area contributed by atoms with Gasteiger partial charge in [-0.2, -0.15) is 0 Å². The Hall–Kier alpha value is -1.40. The molecule has 1 heterocycles. The maximum atomic E-state index is 5.36. The molecule has 3 N–H and O–H groups in total. The summed E-state index contributed by atoms with van der Waals surface area (Å²) < 4.78 is 5.28. The lowest BCUT2D eigenvalue weighted by Gasteiger charge is -2.17. The molecular formula is C10H19N5O. The summed E-state index contributed by atoms with van der Waals surface area (Å²) in [5, 5.41) is 0. The molecule has 90 valence electrons. The van der Waals surface area contributed by atoms with E-state index in [1.54, 1.807) is 6.07 Å². The van der Waals surface area contributed by atoms with Gasteiger partial charge in [-0.3, -0.25) is 0 Å². The number of nitrogen functional groups attached to an aromatic ring is 1. The van der Waals surface area contributed by atoms with Crippen LogP contribution in [-0.4, -0.2) is 30.2 Å². The second-order valence-electron chi connectivity index (χ2n) is 3.32. The van der Waals surface area contributed by atoms with Crippen LogP contribution in [0.4, 0.5) is 11.6 Å². The number of hydrazine groups is 1. The van der Waals surface area contributed by atoms with Gasteiger partial charge in [0, 0.05) is 26.3 Å². The number of nitrogens with zero attached hydrogens (tertiary/aromatic N) is 3. The molecule has 0 saturated heterocycles. The monoisotopic (exact) mass is 225 g/mol. The molecule has 0 saturated carbocycles. The minimum atomic E-state index is 0.399. The van der Waals surface area contributed by atoms with Crippen molar-refractivity contribution in [1.82, 2.24) is 9.97 Å². The fourth-order valence-corrected chi connectivity index (χ4v) is 1.17. The average Bonchev–Trinajstić information content (AvgIpc) is 2.34. The number of hydrogen-bond acceptors (Lipinski definition) is 6. The van der Waals surface area contributed by atoms with Crippen LogP contribution in [0.2, 0.25) is 0 Å². The van der Waals surface area contributed by atoms with E-state index in [-0.39, 0.29) is 0 Å². The van der Waals surface area contributed by atoms with Crippen LogP contribution in [0.25, 0.3) is 0 Å². The first-order valence-electron chi connectivity index (χ1n) is 5.34. The standard InChI is InChI=1S/C10H19N5O/c1-4-15(3)10-6-8(14-11)12-9(13-10)7-16-5-2/h6H,4-5,7,11H2,1-3H3,(H,12,13,14). The Morgan fingerprint density at radius 2 is 2.19 bits per heavy atom. The third-order valence-corrected chi connectivity index (χ3v) is 2.21. The molecule has 0 radical (unpaired) electrons. The second kappa shape index (κ2) is 6.24. The van der Waals surface area contributed by atoms with E-state index in [9.17, 15) is 0 Å². The highest BCUT2D eigenvalue weighted by molar-refractivity contribution is 5.48. The number of ether oxygens (including phenoxy) is 1. The van der Waals surface area contributed by atoms with E-state index in [1.165, 1.54) is 0 Å². The maximum absolute atomic E-state index is 5.36. The average molecular weight is 225 g/mol. The first kappa shape index (κ1) is 12.7. The zero-order chi connectivity index (χ0) is 12.0. The van der Waals surface area contributed by atoms with E-state index < -0.39 is 0 Å². The summed E-state index contributed by atoms with van der Waals surface area (Å²) in [5.41, 5.74) is 2.53. The maximum Gasteiger partial charge on any atom is 0.158 e. The molecule has 0 aliphatic carbocycles. The van der Waals surface area contributed by atoms with Crippen molar-refractivity contribution in [2.45, 2.75) is 20.5 Å². The Kier molecular flexibility index (Phi) is 4.94. The molecule has 0 spiro atoms. The Morgan fingerprint density at radius 3 is 2.75 bits per heavy atom. The van der Waals surface area contributed by atoms with E-state index in [0.717, 1.165) is 12.4 Å². The zero-order valence-corrected chi connectivity index (χ0v) is 10.0. The van der Waals surface area contributed by atoms with Gasteiger partial charge in [0.15, 0.2) is 5.82 Å². The number of hydrogen-bond donors (Lipinski definition) is 2. The second-order valence-corrected chi connectivity index (χ2v) is 3.32. The number of nitrogens with one attached hydrogen (secondary N) is 1. The molecule has 0 aromatic carbocycles. The van der Waals surface area contributed by atoms with Crippen molar-refractivity contribution < 1.29 is 4.74 Å². The molecule has 0 aliphatic rings. The summed E-state index contributed by atoms with van der Waals surface area (Å²) in [4.78, 5) is 10.6. The Labute approximate surface area is 95.8 Å². The highest BCUT2D eigenvalue weighted by Crippen LogP contribution is 2.14. The molecule has 6 heteroatoms. The predicted molar refractivity (Wildman–Crippen MR) is 64.1 cm³/mol. The van der Waals surface area contributed by atoms with Gasteiger partial charge in [-0.15, -0.1) is 0 Å². The molecule has 0 aliphatic heterocycles. The van der Waals surface area contributed by atoms with Crippen molar-refractivity contribution >= 4 is 11.6 Å². The van der Waals surface area contributed by atoms with Gasteiger partial charge in [0.2, 0.25) is 0 Å². The summed E-state index contributed by atoms with van der Waals surface area (Å²) in [7, 11) is 1.97. The quantitative estimate of drug-likeness (QED) is 0.549. The van der Waals surface area contributed by atoms with Gasteiger partial charge in [-0.1, -0.05) is 0 Å². The molecule has 0 fully saturated rings. The van der Waals surface area contributed by atoms with Crippen molar-refractivity contribution in [3.63, 3.8) is 0 Å². The number of rotatable bonds is 6. The van der Waals surface area contributed by atoms with E-state index in [4.69, 9.17) is 10.6 Å². The van der Waals surface area contributed by atoms with E-state index in [2.05, 4.69) is 22.3 Å². The zero-order valence-electron chi connectivity index (χ0n) is 10.0. The highest BCUT2D eigenvalue weighted by atomic mass is 16.5. The first-order valence-corrected chi connectivity index (χ1v) is 5.34. The van der Waals surface area contributed by atoms with E-state index in [0.29, 0.717) is 24.9 Å². The summed E-state index contributed by atoms with van der Waals surface area (Å²) in [5.74, 6) is 7.42. The summed E-state index contributed by atoms with van der Waals surface area (Å²) >= 11 is 0. The molecule has 0 bridgehead atoms. The van der Waals surface area contributed by atoms with Crippen molar-refractivity contribution in [3.05, 3.63) is 11.9 Å². The normalized spacial score (nSPS) is 10.2. The summed E-state index contributed by atoms with van der Waals surface area (Å²) in [6.45, 7) is 5.90. The summed E-state index contributed by atoms with van der Waals surface area (Å²) in [6.07, 6.45) is 0. The van der Waals surface area contributed by atoms with Gasteiger partial charge in [0.05, 0.1) is 0 Å². The van der Waals surface area contributed by atoms with Crippen molar-refractivity contribution in [1.29, 1.82) is 0 Å². The SMILES string of the molecule is CCOCc1nc(NN)cc(N(C)CC)n1. The van der Waals surface area contributed by atoms with Crippen molar-refractivity contribution in [2.75, 3.05) is 30.5 Å². The lowest BCUT2D eigenvalue weighted by atomic mass is 10.4. The van der Waals surface area contributed by atoms with E-state index >= 15 is 0 Å². The van der Waals surface area contributed by atoms with Gasteiger partial charge in [0.25, 0.3) is 0 Å². The van der Waals surface area contributed by atoms with Crippen molar-refractivity contribution in [2.24, 2.45) is 5.84 Å². The van der Waals surface area contributed by atoms with Gasteiger partial charge in [-0.25, -0.2) is 15.8 Å². The minimum Gasteiger partial charge on any atom is -0.374 e. The molecule has 16 heavy (non-hydrogen) atoms. The molecule has 0 atom stereocenters. The van der Waals surface area contributed by atoms with Crippen LogP contribution in [0.3, 0.4) is 0 Å². The molecular weight excluding hydrogens is 206 g/mol. The lowest BCUT2D eigenvalue weighted by Crippen LogP contribution is -2.20. The topological polar surface area (TPSA) is 76.3 Å². The van der Waals surface area contributed by atoms with Crippen LogP contribution in [0.5, 0.6) is 0 Å². The van der Waals surface area contributed by atoms with E-state index in [1.807, 2.05) is 18.9 Å². The van der Waals surface area contributed by atoms with Crippen molar-refractivity contribution in [3.8, 4) is 0 Å². The Morgan fingerprint density at radius 1 is 1.44 bits per heavy atom. The smallest absolute Gasteiger partial charge is 0.158 e. The molecule has 0 amide bonds. The van der Waals surface area contributed by atoms with Crippen LogP contribution in [0.1, 0.15) is 19.7 Å². The van der Waals surface area contributed by atoms with Crippen LogP contribution < -0.4 is 16.2 Å². The lowest BCUT2D eigenvalue weighted by molar-refractivity contribution is 0.128. The molecule has 0 unspecified atom stereocenters. The first-order chi connectivity index (χ1) is 7.71. The van der Waals surface area contributed by atoms with Gasteiger partial charge < -0.3 is 15.1 Å². The fraction of sp³-hybridized carbons (Fsp3) is 0.600. The largest absolute Gasteiger partial charge is 0.374 e. The van der Waals surface area contributed by atoms with Gasteiger partial charge in [-0.05, 0) is 13.8 Å². The third kappa shape index (κ3) is 3.32. The van der Waals surface area contributed by atoms with Crippen LogP contribution in [0.15, 0.2) is 6.07 Å². The van der Waals surface area contributed by atoms with Crippen LogP contribution >= 0.6 is 0 Å². The molecule has 1 aromatic heterocycles. The third-order valence-electron chi connectivity index (χ3n) is 2.21.